The fourth-order valence-electron chi connectivity index (χ4n) is 8.36. The fourth-order valence-corrected chi connectivity index (χ4v) is 9.60. The molecule has 198 valence electrons. The topological polar surface area (TPSA) is 83.8 Å². The van der Waals surface area contributed by atoms with E-state index in [0.717, 1.165) is 38.5 Å². The Balaban J connectivity index is 1.63. The van der Waals surface area contributed by atoms with Crippen LogP contribution in [-0.2, 0) is 14.3 Å². The largest absolute Gasteiger partial charge is 0.461 e. The molecule has 0 spiro atoms. The van der Waals surface area contributed by atoms with Crippen molar-refractivity contribution in [3.05, 3.63) is 12.7 Å². The van der Waals surface area contributed by atoms with Gasteiger partial charge in [0, 0.05) is 28.4 Å². The van der Waals surface area contributed by atoms with E-state index in [4.69, 9.17) is 4.74 Å². The van der Waals surface area contributed by atoms with Crippen molar-refractivity contribution >= 4 is 23.5 Å². The van der Waals surface area contributed by atoms with Crippen molar-refractivity contribution in [3.8, 4) is 0 Å². The number of rotatable bonds is 5. The average molecular weight is 507 g/mol. The van der Waals surface area contributed by atoms with Crippen molar-refractivity contribution in [2.75, 3.05) is 5.75 Å². The Hall–Kier alpha value is -0.850. The lowest BCUT2D eigenvalue weighted by molar-refractivity contribution is -0.205. The van der Waals surface area contributed by atoms with E-state index >= 15 is 0 Å². The molecule has 0 aliphatic heterocycles. The molecule has 35 heavy (non-hydrogen) atoms. The quantitative estimate of drug-likeness (QED) is 0.395. The molecule has 0 amide bonds. The summed E-state index contributed by atoms with van der Waals surface area (Å²) in [5, 5.41) is 22.1. The number of aliphatic hydroxyl groups excluding tert-OH is 2. The van der Waals surface area contributed by atoms with Gasteiger partial charge in [0.15, 0.2) is 0 Å². The molecule has 4 aliphatic carbocycles. The molecule has 0 aromatic heterocycles. The van der Waals surface area contributed by atoms with E-state index in [-0.39, 0.29) is 52.0 Å². The number of hydrogen-bond donors (Lipinski definition) is 2. The number of aliphatic hydroxyl groups is 2. The van der Waals surface area contributed by atoms with E-state index in [2.05, 4.69) is 34.3 Å². The second-order valence-corrected chi connectivity index (χ2v) is 14.1. The number of ether oxygens (including phenoxy) is 1. The lowest BCUT2D eigenvalue weighted by Gasteiger charge is -2.61. The Labute approximate surface area is 215 Å². The Morgan fingerprint density at radius 1 is 1.17 bits per heavy atom. The summed E-state index contributed by atoms with van der Waals surface area (Å²) in [6, 6.07) is 0. The van der Waals surface area contributed by atoms with Gasteiger partial charge in [-0.2, -0.15) is 0 Å². The van der Waals surface area contributed by atoms with Gasteiger partial charge in [-0.15, -0.1) is 18.3 Å². The zero-order valence-electron chi connectivity index (χ0n) is 22.3. The molecule has 2 bridgehead atoms. The number of thioether (sulfide) groups is 1. The van der Waals surface area contributed by atoms with E-state index in [9.17, 15) is 19.8 Å². The highest BCUT2D eigenvalue weighted by molar-refractivity contribution is 8.00. The molecule has 0 aromatic carbocycles. The smallest absolute Gasteiger partial charge is 0.316 e. The van der Waals surface area contributed by atoms with E-state index in [1.807, 2.05) is 13.0 Å². The van der Waals surface area contributed by atoms with Crippen LogP contribution in [0.1, 0.15) is 86.0 Å². The van der Waals surface area contributed by atoms with Crippen molar-refractivity contribution in [3.63, 3.8) is 0 Å². The Morgan fingerprint density at radius 3 is 2.57 bits per heavy atom. The van der Waals surface area contributed by atoms with E-state index < -0.39 is 23.0 Å². The monoisotopic (exact) mass is 506 g/mol. The first-order valence-electron chi connectivity index (χ1n) is 13.7. The highest BCUT2D eigenvalue weighted by atomic mass is 32.2. The van der Waals surface area contributed by atoms with Crippen LogP contribution in [-0.4, -0.2) is 51.3 Å². The number of carbonyl (C=O) groups is 2. The molecule has 4 fully saturated rings. The van der Waals surface area contributed by atoms with Crippen LogP contribution in [0.5, 0.6) is 0 Å². The second kappa shape index (κ2) is 9.79. The first-order valence-corrected chi connectivity index (χ1v) is 14.8. The van der Waals surface area contributed by atoms with Gasteiger partial charge in [-0.05, 0) is 68.1 Å². The summed E-state index contributed by atoms with van der Waals surface area (Å²) < 4.78 is 6.32. The van der Waals surface area contributed by atoms with E-state index in [0.29, 0.717) is 18.8 Å². The van der Waals surface area contributed by atoms with Crippen LogP contribution in [0.25, 0.3) is 0 Å². The zero-order chi connectivity index (χ0) is 25.8. The number of ketones is 1. The zero-order valence-corrected chi connectivity index (χ0v) is 23.1. The third kappa shape index (κ3) is 4.44. The van der Waals surface area contributed by atoms with Crippen molar-refractivity contribution in [1.29, 1.82) is 0 Å². The van der Waals surface area contributed by atoms with Gasteiger partial charge in [0.05, 0.1) is 18.0 Å². The number of Topliss-reactive ketones (excluding diaryl/α,β-unsaturated/α-hetero) is 1. The molecule has 6 unspecified atom stereocenters. The molecule has 0 aromatic rings. The predicted molar refractivity (Wildman–Crippen MR) is 140 cm³/mol. The molecule has 4 saturated carbocycles. The molecule has 5 nitrogen and oxygen atoms in total. The Kier molecular flexibility index (Phi) is 7.61. The van der Waals surface area contributed by atoms with Crippen molar-refractivity contribution in [2.24, 2.45) is 39.9 Å². The van der Waals surface area contributed by atoms with Gasteiger partial charge in [-0.3, -0.25) is 9.59 Å². The third-order valence-corrected chi connectivity index (χ3v) is 12.3. The summed E-state index contributed by atoms with van der Waals surface area (Å²) in [6.07, 6.45) is 6.76. The van der Waals surface area contributed by atoms with Gasteiger partial charge in [-0.1, -0.05) is 40.7 Å². The minimum atomic E-state index is -0.652. The van der Waals surface area contributed by atoms with Crippen LogP contribution in [0.2, 0.25) is 0 Å². The van der Waals surface area contributed by atoms with Crippen LogP contribution < -0.4 is 0 Å². The van der Waals surface area contributed by atoms with Crippen molar-refractivity contribution in [1.82, 2.24) is 0 Å². The summed E-state index contributed by atoms with van der Waals surface area (Å²) in [6.45, 7) is 14.8. The van der Waals surface area contributed by atoms with Crippen LogP contribution in [0, 0.1) is 39.9 Å². The van der Waals surface area contributed by atoms with Gasteiger partial charge in [0.25, 0.3) is 0 Å². The maximum atomic E-state index is 13.5. The average Bonchev–Trinajstić information content (AvgIpc) is 3.18. The summed E-state index contributed by atoms with van der Waals surface area (Å²) in [5.74, 6) is 0.733. The fraction of sp³-hybridized carbons (Fsp3) is 0.862. The highest BCUT2D eigenvalue weighted by Gasteiger charge is 2.68. The normalized spacial score (nSPS) is 50.1. The molecular formula is C29H46O5S. The molecule has 0 heterocycles. The van der Waals surface area contributed by atoms with Gasteiger partial charge < -0.3 is 14.9 Å². The molecule has 2 N–H and O–H groups in total. The standard InChI is InChI=1S/C29H46O5S/c1-7-27(5)15-23(34-24(32)16-35-22-14-17(2)8-9-20(22)30)28(6)18(3)10-12-29(19(4)26(27)33)13-11-21(31)25(28)29/h7,17-20,22-23,25-26,30,33H,1,8-16H2,2-6H3/t17?,18?,19-,20?,22?,23+,25?,26-,27+,28-,29?/m0/s1. The minimum absolute atomic E-state index is 0.0317. The molecule has 0 radical (unpaired) electrons. The minimum Gasteiger partial charge on any atom is -0.461 e. The summed E-state index contributed by atoms with van der Waals surface area (Å²) in [4.78, 5) is 26.7. The summed E-state index contributed by atoms with van der Waals surface area (Å²) in [5.41, 5.74) is -1.36. The van der Waals surface area contributed by atoms with E-state index in [1.165, 1.54) is 11.8 Å². The van der Waals surface area contributed by atoms with Crippen molar-refractivity contribution in [2.45, 2.75) is 110 Å². The summed E-state index contributed by atoms with van der Waals surface area (Å²) in [7, 11) is 0. The molecular weight excluding hydrogens is 460 g/mol. The Bertz CT molecular complexity index is 845. The van der Waals surface area contributed by atoms with Gasteiger partial charge in [0.2, 0.25) is 0 Å². The lowest BCUT2D eigenvalue weighted by atomic mass is 9.44. The number of hydrogen-bond acceptors (Lipinski definition) is 6. The maximum absolute atomic E-state index is 13.5. The van der Waals surface area contributed by atoms with Crippen LogP contribution in [0.15, 0.2) is 12.7 Å². The summed E-state index contributed by atoms with van der Waals surface area (Å²) >= 11 is 1.50. The Morgan fingerprint density at radius 2 is 1.89 bits per heavy atom. The van der Waals surface area contributed by atoms with Crippen LogP contribution in [0.3, 0.4) is 0 Å². The second-order valence-electron chi connectivity index (χ2n) is 12.9. The highest BCUT2D eigenvalue weighted by Crippen LogP contribution is 2.68. The molecule has 0 saturated heterocycles. The van der Waals surface area contributed by atoms with E-state index in [1.54, 1.807) is 0 Å². The molecule has 4 rings (SSSR count). The third-order valence-electron chi connectivity index (χ3n) is 11.0. The molecule has 4 aliphatic rings. The van der Waals surface area contributed by atoms with Gasteiger partial charge >= 0.3 is 5.97 Å². The first-order chi connectivity index (χ1) is 16.4. The van der Waals surface area contributed by atoms with Crippen molar-refractivity contribution < 1.29 is 24.5 Å². The first kappa shape index (κ1) is 27.2. The predicted octanol–water partition coefficient (Wildman–Crippen LogP) is 5.18. The molecule has 6 heteroatoms. The van der Waals surface area contributed by atoms with Gasteiger partial charge in [-0.25, -0.2) is 0 Å². The van der Waals surface area contributed by atoms with Gasteiger partial charge in [0.1, 0.15) is 11.9 Å². The lowest BCUT2D eigenvalue weighted by Crippen LogP contribution is -2.63. The van der Waals surface area contributed by atoms with Crippen LogP contribution >= 0.6 is 11.8 Å². The van der Waals surface area contributed by atoms with Crippen LogP contribution in [0.4, 0.5) is 0 Å². The SMILES string of the molecule is C=C[C@]1(C)C[C@@H](OC(=O)CSC2CC(C)CCC2O)[C@]2(C)C(C)CCC3(CCC(=O)C32)[C@@H](C)[C@@H]1O. The number of carbonyl (C=O) groups excluding carboxylic acids is 2. The maximum Gasteiger partial charge on any atom is 0.316 e. The number of esters is 1. The molecule has 11 atom stereocenters.